The normalized spacial score (nSPS) is 27.4. The Hall–Kier alpha value is -1.26. The zero-order valence-electron chi connectivity index (χ0n) is 11.4. The van der Waals surface area contributed by atoms with Gasteiger partial charge in [0.1, 0.15) is 0 Å². The van der Waals surface area contributed by atoms with Gasteiger partial charge in [0.2, 0.25) is 0 Å². The fourth-order valence-electron chi connectivity index (χ4n) is 2.95. The van der Waals surface area contributed by atoms with Gasteiger partial charge in [-0.1, -0.05) is 25.7 Å². The van der Waals surface area contributed by atoms with Crippen LogP contribution in [0.15, 0.2) is 0 Å². The molecule has 0 aromatic rings. The molecular weight excluding hydrogens is 244 g/mol. The van der Waals surface area contributed by atoms with E-state index in [1.165, 1.54) is 19.3 Å². The van der Waals surface area contributed by atoms with Crippen molar-refractivity contribution in [1.82, 2.24) is 10.6 Å². The highest BCUT2D eigenvalue weighted by molar-refractivity contribution is 5.74. The Morgan fingerprint density at radius 2 is 1.84 bits per heavy atom. The van der Waals surface area contributed by atoms with Gasteiger partial charge in [0, 0.05) is 12.6 Å². The zero-order valence-corrected chi connectivity index (χ0v) is 11.4. The van der Waals surface area contributed by atoms with Crippen molar-refractivity contribution in [3.05, 3.63) is 0 Å². The monoisotopic (exact) mass is 268 g/mol. The first-order chi connectivity index (χ1) is 9.15. The number of aliphatic carboxylic acids is 1. The third-order valence-electron chi connectivity index (χ3n) is 4.42. The molecule has 2 aliphatic rings. The highest BCUT2D eigenvalue weighted by atomic mass is 16.4. The van der Waals surface area contributed by atoms with Gasteiger partial charge in [-0.2, -0.15) is 0 Å². The summed E-state index contributed by atoms with van der Waals surface area (Å²) in [6.45, 7) is 0.728. The van der Waals surface area contributed by atoms with E-state index in [1.54, 1.807) is 0 Å². The van der Waals surface area contributed by atoms with Crippen LogP contribution in [0.1, 0.15) is 51.4 Å². The molecule has 0 heterocycles. The predicted molar refractivity (Wildman–Crippen MR) is 71.9 cm³/mol. The summed E-state index contributed by atoms with van der Waals surface area (Å²) in [5.74, 6) is -0.239. The minimum Gasteiger partial charge on any atom is -0.481 e. The summed E-state index contributed by atoms with van der Waals surface area (Å²) >= 11 is 0. The molecule has 0 aromatic heterocycles. The number of carbonyl (C=O) groups excluding carboxylic acids is 1. The second-order valence-electron chi connectivity index (χ2n) is 5.88. The molecule has 0 aromatic carbocycles. The molecule has 2 atom stereocenters. The molecule has 2 rings (SSSR count). The molecular formula is C14H24N2O3. The van der Waals surface area contributed by atoms with Gasteiger partial charge >= 0.3 is 12.0 Å². The Labute approximate surface area is 114 Å². The van der Waals surface area contributed by atoms with Crippen molar-refractivity contribution < 1.29 is 14.7 Å². The lowest BCUT2D eigenvalue weighted by Crippen LogP contribution is -2.45. The predicted octanol–water partition coefficient (Wildman–Crippen LogP) is 2.12. The number of nitrogens with one attached hydrogen (secondary N) is 2. The molecule has 5 heteroatoms. The Kier molecular flexibility index (Phi) is 5.05. The van der Waals surface area contributed by atoms with Crippen LogP contribution in [0, 0.1) is 11.8 Å². The van der Waals surface area contributed by atoms with Crippen LogP contribution in [0.5, 0.6) is 0 Å². The largest absolute Gasteiger partial charge is 0.481 e. The zero-order chi connectivity index (χ0) is 13.7. The standard InChI is InChI=1S/C14H24N2O3/c17-13(18)11-5-2-6-12(9-11)16-14(19)15-8-7-10-3-1-4-10/h10-12H,1-9H2,(H,17,18)(H2,15,16,19). The molecule has 0 aliphatic heterocycles. The van der Waals surface area contributed by atoms with E-state index in [1.807, 2.05) is 0 Å². The van der Waals surface area contributed by atoms with Crippen LogP contribution in [0.3, 0.4) is 0 Å². The molecule has 19 heavy (non-hydrogen) atoms. The number of carbonyl (C=O) groups is 2. The molecule has 3 N–H and O–H groups in total. The Morgan fingerprint density at radius 3 is 2.47 bits per heavy atom. The Balaban J connectivity index is 1.62. The van der Waals surface area contributed by atoms with Crippen molar-refractivity contribution >= 4 is 12.0 Å². The molecule has 0 saturated heterocycles. The molecule has 108 valence electrons. The maximum absolute atomic E-state index is 11.7. The second-order valence-corrected chi connectivity index (χ2v) is 5.88. The van der Waals surface area contributed by atoms with Crippen molar-refractivity contribution in [1.29, 1.82) is 0 Å². The number of carboxylic acid groups (broad SMARTS) is 1. The van der Waals surface area contributed by atoms with Crippen LogP contribution in [0.2, 0.25) is 0 Å². The molecule has 0 radical (unpaired) electrons. The van der Waals surface area contributed by atoms with Crippen LogP contribution in [0.4, 0.5) is 4.79 Å². The first-order valence-corrected chi connectivity index (χ1v) is 7.42. The average Bonchev–Trinajstić information content (AvgIpc) is 2.32. The molecule has 0 spiro atoms. The molecule has 2 saturated carbocycles. The van der Waals surface area contributed by atoms with E-state index in [-0.39, 0.29) is 18.0 Å². The molecule has 2 aliphatic carbocycles. The van der Waals surface area contributed by atoms with Crippen LogP contribution in [-0.2, 0) is 4.79 Å². The van der Waals surface area contributed by atoms with E-state index in [9.17, 15) is 9.59 Å². The second kappa shape index (κ2) is 6.78. The molecule has 5 nitrogen and oxygen atoms in total. The van der Waals surface area contributed by atoms with Gasteiger partial charge in [0.05, 0.1) is 5.92 Å². The lowest BCUT2D eigenvalue weighted by molar-refractivity contribution is -0.143. The number of hydrogen-bond acceptors (Lipinski definition) is 2. The van der Waals surface area contributed by atoms with Crippen molar-refractivity contribution in [3.8, 4) is 0 Å². The van der Waals surface area contributed by atoms with Crippen molar-refractivity contribution in [2.45, 2.75) is 57.4 Å². The van der Waals surface area contributed by atoms with E-state index in [2.05, 4.69) is 10.6 Å². The van der Waals surface area contributed by atoms with E-state index in [4.69, 9.17) is 5.11 Å². The maximum atomic E-state index is 11.7. The van der Waals surface area contributed by atoms with E-state index < -0.39 is 5.97 Å². The molecule has 2 amide bonds. The summed E-state index contributed by atoms with van der Waals surface area (Å²) in [6, 6.07) is -0.131. The number of hydrogen-bond donors (Lipinski definition) is 3. The first-order valence-electron chi connectivity index (χ1n) is 7.42. The van der Waals surface area contributed by atoms with Gasteiger partial charge in [0.25, 0.3) is 0 Å². The Morgan fingerprint density at radius 1 is 1.11 bits per heavy atom. The lowest BCUT2D eigenvalue weighted by Gasteiger charge is -2.28. The fraction of sp³-hybridized carbons (Fsp3) is 0.857. The quantitative estimate of drug-likeness (QED) is 0.714. The SMILES string of the molecule is O=C(NCCC1CCC1)NC1CCCC(C(=O)O)C1. The van der Waals surface area contributed by atoms with Gasteiger partial charge in [-0.05, 0) is 31.6 Å². The number of urea groups is 1. The molecule has 2 fully saturated rings. The minimum atomic E-state index is -0.739. The van der Waals surface area contributed by atoms with Crippen molar-refractivity contribution in [2.75, 3.05) is 6.54 Å². The smallest absolute Gasteiger partial charge is 0.315 e. The van der Waals surface area contributed by atoms with Crippen LogP contribution < -0.4 is 10.6 Å². The van der Waals surface area contributed by atoms with Crippen LogP contribution in [-0.4, -0.2) is 29.7 Å². The highest BCUT2D eigenvalue weighted by Gasteiger charge is 2.27. The first kappa shape index (κ1) is 14.2. The summed E-state index contributed by atoms with van der Waals surface area (Å²) in [5, 5.41) is 14.8. The van der Waals surface area contributed by atoms with Gasteiger partial charge in [-0.15, -0.1) is 0 Å². The van der Waals surface area contributed by atoms with E-state index in [0.29, 0.717) is 6.42 Å². The summed E-state index contributed by atoms with van der Waals surface area (Å²) in [7, 11) is 0. The summed E-state index contributed by atoms with van der Waals surface area (Å²) < 4.78 is 0. The third-order valence-corrected chi connectivity index (χ3v) is 4.42. The van der Waals surface area contributed by atoms with Gasteiger partial charge in [0.15, 0.2) is 0 Å². The molecule has 2 unspecified atom stereocenters. The van der Waals surface area contributed by atoms with Gasteiger partial charge in [-0.25, -0.2) is 4.79 Å². The van der Waals surface area contributed by atoms with Gasteiger partial charge in [-0.3, -0.25) is 4.79 Å². The summed E-state index contributed by atoms with van der Waals surface area (Å²) in [4.78, 5) is 22.6. The van der Waals surface area contributed by atoms with Crippen LogP contribution >= 0.6 is 0 Å². The van der Waals surface area contributed by atoms with Gasteiger partial charge < -0.3 is 15.7 Å². The lowest BCUT2D eigenvalue weighted by atomic mass is 9.83. The number of amides is 2. The topological polar surface area (TPSA) is 78.4 Å². The van der Waals surface area contributed by atoms with Crippen molar-refractivity contribution in [3.63, 3.8) is 0 Å². The third kappa shape index (κ3) is 4.40. The van der Waals surface area contributed by atoms with E-state index >= 15 is 0 Å². The van der Waals surface area contributed by atoms with Crippen molar-refractivity contribution in [2.24, 2.45) is 11.8 Å². The molecule has 0 bridgehead atoms. The maximum Gasteiger partial charge on any atom is 0.315 e. The van der Waals surface area contributed by atoms with E-state index in [0.717, 1.165) is 38.1 Å². The number of carboxylic acids is 1. The minimum absolute atomic E-state index is 0.0125. The summed E-state index contributed by atoms with van der Waals surface area (Å²) in [6.07, 6.45) is 8.05. The average molecular weight is 268 g/mol. The fourth-order valence-corrected chi connectivity index (χ4v) is 2.95. The number of rotatable bonds is 5. The summed E-state index contributed by atoms with van der Waals surface area (Å²) in [5.41, 5.74) is 0. The Bertz CT molecular complexity index is 329. The highest BCUT2D eigenvalue weighted by Crippen LogP contribution is 2.28. The van der Waals surface area contributed by atoms with Crippen LogP contribution in [0.25, 0.3) is 0 Å².